The van der Waals surface area contributed by atoms with E-state index >= 15 is 0 Å². The van der Waals surface area contributed by atoms with Crippen LogP contribution in [-0.2, 0) is 11.2 Å². The van der Waals surface area contributed by atoms with Crippen LogP contribution in [0.5, 0.6) is 5.75 Å². The number of aryl methyl sites for hydroxylation is 1. The first-order chi connectivity index (χ1) is 17.5. The largest absolute Gasteiger partial charge is 0.497 e. The van der Waals surface area contributed by atoms with Crippen molar-refractivity contribution in [3.8, 4) is 5.75 Å². The molecule has 184 valence electrons. The summed E-state index contributed by atoms with van der Waals surface area (Å²) < 4.78 is 5.23. The van der Waals surface area contributed by atoms with Gasteiger partial charge >= 0.3 is 0 Å². The lowest BCUT2D eigenvalue weighted by atomic mass is 9.98. The summed E-state index contributed by atoms with van der Waals surface area (Å²) >= 11 is 0. The average Bonchev–Trinajstić information content (AvgIpc) is 2.91. The molecule has 4 aromatic rings. The van der Waals surface area contributed by atoms with Gasteiger partial charge in [0.05, 0.1) is 12.8 Å². The maximum absolute atomic E-state index is 13.8. The van der Waals surface area contributed by atoms with Crippen LogP contribution in [0.3, 0.4) is 0 Å². The molecule has 0 aliphatic rings. The molecule has 0 saturated heterocycles. The Balaban J connectivity index is 1.63. The topological polar surface area (TPSA) is 70.7 Å². The summed E-state index contributed by atoms with van der Waals surface area (Å²) in [4.78, 5) is 27.0. The highest BCUT2D eigenvalue weighted by Gasteiger charge is 2.27. The Labute approximate surface area is 211 Å². The number of nitrogens with zero attached hydrogens (tertiary/aromatic N) is 1. The van der Waals surface area contributed by atoms with Crippen molar-refractivity contribution < 1.29 is 14.3 Å². The van der Waals surface area contributed by atoms with Crippen LogP contribution < -0.4 is 15.5 Å². The van der Waals surface area contributed by atoms with Crippen molar-refractivity contribution >= 4 is 28.3 Å². The number of hydrogen-bond donors (Lipinski definition) is 2. The lowest BCUT2D eigenvalue weighted by Crippen LogP contribution is -2.51. The number of fused-ring (bicyclic) bond motifs is 1. The van der Waals surface area contributed by atoms with Crippen LogP contribution in [0.4, 0.5) is 5.69 Å². The molecule has 1 atom stereocenters. The number of likely N-dealkylation sites (N-methyl/N-ethyl adjacent to an activating group) is 1. The molecule has 4 aromatic carbocycles. The van der Waals surface area contributed by atoms with E-state index in [4.69, 9.17) is 4.74 Å². The third kappa shape index (κ3) is 5.84. The molecule has 0 fully saturated rings. The molecule has 1 unspecified atom stereocenters. The first-order valence-electron chi connectivity index (χ1n) is 12.0. The highest BCUT2D eigenvalue weighted by molar-refractivity contribution is 5.98. The van der Waals surface area contributed by atoms with Crippen molar-refractivity contribution in [3.63, 3.8) is 0 Å². The summed E-state index contributed by atoms with van der Waals surface area (Å²) in [6, 6.07) is 28.0. The number of methoxy groups -OCH3 is 1. The molecule has 0 aromatic heterocycles. The third-order valence-electron chi connectivity index (χ3n) is 6.12. The second-order valence-electron chi connectivity index (χ2n) is 8.66. The zero-order valence-corrected chi connectivity index (χ0v) is 20.8. The Kier molecular flexibility index (Phi) is 7.85. The Hall–Kier alpha value is -4.32. The van der Waals surface area contributed by atoms with E-state index in [-0.39, 0.29) is 11.8 Å². The molecule has 4 rings (SSSR count). The fraction of sp³-hybridized carbons (Fsp3) is 0.200. The molecule has 2 amide bonds. The molecule has 0 heterocycles. The first kappa shape index (κ1) is 24.8. The first-order valence-corrected chi connectivity index (χ1v) is 12.0. The van der Waals surface area contributed by atoms with E-state index in [1.54, 1.807) is 13.2 Å². The summed E-state index contributed by atoms with van der Waals surface area (Å²) in [6.45, 7) is 4.25. The average molecular weight is 482 g/mol. The molecule has 0 saturated carbocycles. The van der Waals surface area contributed by atoms with Crippen LogP contribution >= 0.6 is 0 Å². The maximum atomic E-state index is 13.8. The summed E-state index contributed by atoms with van der Waals surface area (Å²) in [5, 5.41) is 6.69. The standard InChI is InChI=1S/C30H31N3O3/c1-4-33(32-25-15-17-26(36-3)18-16-25)30(35)28(31-29(34)24-13-7-9-21(2)19-24)20-23-12-8-11-22-10-5-6-14-27(22)23/h5-19,28,32H,4,20H2,1-3H3,(H,31,34). The molecular weight excluding hydrogens is 450 g/mol. The van der Waals surface area contributed by atoms with E-state index < -0.39 is 6.04 Å². The van der Waals surface area contributed by atoms with Crippen molar-refractivity contribution in [2.45, 2.75) is 26.3 Å². The maximum Gasteiger partial charge on any atom is 0.263 e. The van der Waals surface area contributed by atoms with Gasteiger partial charge in [0, 0.05) is 18.5 Å². The van der Waals surface area contributed by atoms with Gasteiger partial charge in [0.15, 0.2) is 0 Å². The van der Waals surface area contributed by atoms with E-state index in [0.717, 1.165) is 33.3 Å². The second-order valence-corrected chi connectivity index (χ2v) is 8.66. The Morgan fingerprint density at radius 1 is 0.917 bits per heavy atom. The fourth-order valence-corrected chi connectivity index (χ4v) is 4.22. The van der Waals surface area contributed by atoms with E-state index in [0.29, 0.717) is 18.5 Å². The molecule has 0 aliphatic carbocycles. The zero-order chi connectivity index (χ0) is 25.5. The molecule has 0 bridgehead atoms. The zero-order valence-electron chi connectivity index (χ0n) is 20.8. The number of nitrogens with one attached hydrogen (secondary N) is 2. The van der Waals surface area contributed by atoms with Gasteiger partial charge in [0.2, 0.25) is 0 Å². The molecule has 6 heteroatoms. The highest BCUT2D eigenvalue weighted by atomic mass is 16.5. The normalized spacial score (nSPS) is 11.5. The molecular formula is C30H31N3O3. The van der Waals surface area contributed by atoms with Crippen molar-refractivity contribution in [2.24, 2.45) is 0 Å². The van der Waals surface area contributed by atoms with E-state index in [2.05, 4.69) is 10.7 Å². The number of rotatable bonds is 9. The molecule has 0 aliphatic heterocycles. The van der Waals surface area contributed by atoms with Gasteiger partial charge in [-0.05, 0) is 66.6 Å². The number of hydrazine groups is 1. The fourth-order valence-electron chi connectivity index (χ4n) is 4.22. The SMILES string of the molecule is CCN(Nc1ccc(OC)cc1)C(=O)C(Cc1cccc2ccccc12)NC(=O)c1cccc(C)c1. The second kappa shape index (κ2) is 11.4. The van der Waals surface area contributed by atoms with Gasteiger partial charge in [-0.15, -0.1) is 0 Å². The monoisotopic (exact) mass is 481 g/mol. The molecule has 0 radical (unpaired) electrons. The van der Waals surface area contributed by atoms with Gasteiger partial charge in [-0.25, -0.2) is 0 Å². The van der Waals surface area contributed by atoms with E-state index in [1.165, 1.54) is 5.01 Å². The predicted molar refractivity (Wildman–Crippen MR) is 144 cm³/mol. The molecule has 2 N–H and O–H groups in total. The van der Waals surface area contributed by atoms with Crippen LogP contribution in [0.15, 0.2) is 91.0 Å². The molecule has 0 spiro atoms. The van der Waals surface area contributed by atoms with Crippen LogP contribution in [-0.4, -0.2) is 36.5 Å². The van der Waals surface area contributed by atoms with E-state index in [9.17, 15) is 9.59 Å². The number of carbonyl (C=O) groups is 2. The minimum Gasteiger partial charge on any atom is -0.497 e. The lowest BCUT2D eigenvalue weighted by Gasteiger charge is -2.28. The van der Waals surface area contributed by atoms with E-state index in [1.807, 2.05) is 98.8 Å². The Morgan fingerprint density at radius 3 is 2.36 bits per heavy atom. The van der Waals surface area contributed by atoms with Gasteiger partial charge in [-0.2, -0.15) is 0 Å². The van der Waals surface area contributed by atoms with Crippen LogP contribution in [0.25, 0.3) is 10.8 Å². The van der Waals surface area contributed by atoms with Gasteiger partial charge in [0.1, 0.15) is 11.8 Å². The Morgan fingerprint density at radius 2 is 1.64 bits per heavy atom. The minimum atomic E-state index is -0.769. The van der Waals surface area contributed by atoms with Gasteiger partial charge < -0.3 is 10.1 Å². The third-order valence-corrected chi connectivity index (χ3v) is 6.12. The number of carbonyl (C=O) groups excluding carboxylic acids is 2. The number of hydrogen-bond acceptors (Lipinski definition) is 4. The lowest BCUT2D eigenvalue weighted by molar-refractivity contribution is -0.131. The van der Waals surface area contributed by atoms with Crippen molar-refractivity contribution in [1.29, 1.82) is 0 Å². The predicted octanol–water partition coefficient (Wildman–Crippen LogP) is 5.37. The quantitative estimate of drug-likeness (QED) is 0.315. The van der Waals surface area contributed by atoms with Crippen molar-refractivity contribution in [1.82, 2.24) is 10.3 Å². The summed E-state index contributed by atoms with van der Waals surface area (Å²) in [5.41, 5.74) is 6.44. The van der Waals surface area contributed by atoms with Gasteiger partial charge in [0.25, 0.3) is 11.8 Å². The van der Waals surface area contributed by atoms with Crippen LogP contribution in [0.2, 0.25) is 0 Å². The summed E-state index contributed by atoms with van der Waals surface area (Å²) in [7, 11) is 1.61. The number of amides is 2. The van der Waals surface area contributed by atoms with Crippen LogP contribution in [0, 0.1) is 6.92 Å². The van der Waals surface area contributed by atoms with Crippen molar-refractivity contribution in [2.75, 3.05) is 19.1 Å². The smallest absolute Gasteiger partial charge is 0.263 e. The highest BCUT2D eigenvalue weighted by Crippen LogP contribution is 2.21. The van der Waals surface area contributed by atoms with Crippen LogP contribution in [0.1, 0.15) is 28.4 Å². The minimum absolute atomic E-state index is 0.220. The Bertz CT molecular complexity index is 1350. The number of benzene rings is 4. The molecule has 6 nitrogen and oxygen atoms in total. The number of anilines is 1. The van der Waals surface area contributed by atoms with Gasteiger partial charge in [-0.3, -0.25) is 20.0 Å². The summed E-state index contributed by atoms with van der Waals surface area (Å²) in [6.07, 6.45) is 0.360. The van der Waals surface area contributed by atoms with Gasteiger partial charge in [-0.1, -0.05) is 60.2 Å². The molecule has 36 heavy (non-hydrogen) atoms. The summed E-state index contributed by atoms with van der Waals surface area (Å²) in [5.74, 6) is 0.231. The van der Waals surface area contributed by atoms with Crippen molar-refractivity contribution in [3.05, 3.63) is 108 Å². The number of ether oxygens (including phenoxy) is 1.